The maximum atomic E-state index is 3.81. The number of rotatable bonds is 5. The molecule has 20 heavy (non-hydrogen) atoms. The van der Waals surface area contributed by atoms with Crippen LogP contribution in [0.3, 0.4) is 0 Å². The van der Waals surface area contributed by atoms with Gasteiger partial charge < -0.3 is 15.1 Å². The molecule has 2 rings (SSSR count). The predicted molar refractivity (Wildman–Crippen MR) is 87.2 cm³/mol. The van der Waals surface area contributed by atoms with Crippen molar-refractivity contribution in [2.24, 2.45) is 5.92 Å². The number of nitrogens with zero attached hydrogens (tertiary/aromatic N) is 2. The topological polar surface area (TPSA) is 18.5 Å². The molecule has 2 aliphatic rings. The van der Waals surface area contributed by atoms with Crippen LogP contribution in [0.25, 0.3) is 0 Å². The number of nitrogens with one attached hydrogen (secondary N) is 1. The molecule has 0 aromatic heterocycles. The van der Waals surface area contributed by atoms with Gasteiger partial charge in [-0.25, -0.2) is 0 Å². The summed E-state index contributed by atoms with van der Waals surface area (Å²) in [4.78, 5) is 5.28. The lowest BCUT2D eigenvalue weighted by molar-refractivity contribution is 0.190. The minimum Gasteiger partial charge on any atom is -0.313 e. The van der Waals surface area contributed by atoms with Gasteiger partial charge in [0, 0.05) is 25.2 Å². The van der Waals surface area contributed by atoms with Crippen LogP contribution in [0.1, 0.15) is 52.9 Å². The van der Waals surface area contributed by atoms with E-state index in [2.05, 4.69) is 35.9 Å². The first kappa shape index (κ1) is 16.3. The van der Waals surface area contributed by atoms with Crippen molar-refractivity contribution >= 4 is 0 Å². The molecule has 0 radical (unpaired) electrons. The lowest BCUT2D eigenvalue weighted by Gasteiger charge is -2.30. The van der Waals surface area contributed by atoms with Crippen LogP contribution < -0.4 is 5.32 Å². The molecule has 1 unspecified atom stereocenters. The minimum absolute atomic E-state index is 0.712. The van der Waals surface area contributed by atoms with E-state index >= 15 is 0 Å². The van der Waals surface area contributed by atoms with Crippen molar-refractivity contribution in [3.05, 3.63) is 0 Å². The summed E-state index contributed by atoms with van der Waals surface area (Å²) in [5, 5.41) is 3.81. The quantitative estimate of drug-likeness (QED) is 0.835. The van der Waals surface area contributed by atoms with Gasteiger partial charge in [-0.2, -0.15) is 0 Å². The van der Waals surface area contributed by atoms with Gasteiger partial charge in [-0.1, -0.05) is 6.92 Å². The molecule has 1 N–H and O–H groups in total. The molecule has 0 amide bonds. The Labute approximate surface area is 126 Å². The van der Waals surface area contributed by atoms with E-state index in [0.29, 0.717) is 6.04 Å². The van der Waals surface area contributed by atoms with Crippen LogP contribution in [0, 0.1) is 5.92 Å². The average molecular weight is 281 g/mol. The zero-order valence-corrected chi connectivity index (χ0v) is 13.9. The number of hydrogen-bond donors (Lipinski definition) is 1. The first-order chi connectivity index (χ1) is 9.65. The van der Waals surface area contributed by atoms with E-state index < -0.39 is 0 Å². The van der Waals surface area contributed by atoms with Crippen molar-refractivity contribution in [1.29, 1.82) is 0 Å². The fourth-order valence-corrected chi connectivity index (χ4v) is 3.55. The minimum atomic E-state index is 0.712. The normalized spacial score (nSPS) is 27.9. The van der Waals surface area contributed by atoms with Crippen molar-refractivity contribution in [2.45, 2.75) is 65.0 Å². The highest BCUT2D eigenvalue weighted by Gasteiger charge is 2.19. The summed E-state index contributed by atoms with van der Waals surface area (Å²) in [6.45, 7) is 14.7. The first-order valence-corrected chi connectivity index (χ1v) is 8.85. The SMILES string of the molecule is CC1CCN(CCNC2CCCN(C(C)C)CC2)CC1. The van der Waals surface area contributed by atoms with Crippen LogP contribution in [0.4, 0.5) is 0 Å². The van der Waals surface area contributed by atoms with E-state index in [-0.39, 0.29) is 0 Å². The number of hydrogen-bond acceptors (Lipinski definition) is 3. The van der Waals surface area contributed by atoms with Crippen molar-refractivity contribution in [3.8, 4) is 0 Å². The van der Waals surface area contributed by atoms with Gasteiger partial charge in [0.25, 0.3) is 0 Å². The molecule has 1 atom stereocenters. The zero-order chi connectivity index (χ0) is 14.4. The fourth-order valence-electron chi connectivity index (χ4n) is 3.55. The second-order valence-corrected chi connectivity index (χ2v) is 7.24. The van der Waals surface area contributed by atoms with Crippen molar-refractivity contribution < 1.29 is 0 Å². The van der Waals surface area contributed by atoms with Crippen molar-refractivity contribution in [1.82, 2.24) is 15.1 Å². The largest absolute Gasteiger partial charge is 0.313 e. The predicted octanol–water partition coefficient (Wildman–Crippen LogP) is 2.57. The van der Waals surface area contributed by atoms with E-state index in [1.165, 1.54) is 71.4 Å². The van der Waals surface area contributed by atoms with Crippen LogP contribution in [0.2, 0.25) is 0 Å². The molecule has 0 aromatic rings. The maximum Gasteiger partial charge on any atom is 0.0107 e. The summed E-state index contributed by atoms with van der Waals surface area (Å²) < 4.78 is 0. The van der Waals surface area contributed by atoms with Crippen LogP contribution in [0.15, 0.2) is 0 Å². The summed E-state index contributed by atoms with van der Waals surface area (Å²) in [5.41, 5.74) is 0. The summed E-state index contributed by atoms with van der Waals surface area (Å²) in [7, 11) is 0. The monoisotopic (exact) mass is 281 g/mol. The fraction of sp³-hybridized carbons (Fsp3) is 1.00. The van der Waals surface area contributed by atoms with E-state index in [0.717, 1.165) is 12.0 Å². The Bertz CT molecular complexity index is 259. The Morgan fingerprint density at radius 3 is 2.45 bits per heavy atom. The highest BCUT2D eigenvalue weighted by molar-refractivity contribution is 4.77. The Morgan fingerprint density at radius 2 is 1.75 bits per heavy atom. The Hall–Kier alpha value is -0.120. The smallest absolute Gasteiger partial charge is 0.0107 e. The molecule has 3 heteroatoms. The molecule has 2 aliphatic heterocycles. The van der Waals surface area contributed by atoms with Gasteiger partial charge in [-0.15, -0.1) is 0 Å². The van der Waals surface area contributed by atoms with Gasteiger partial charge in [0.1, 0.15) is 0 Å². The lowest BCUT2D eigenvalue weighted by Crippen LogP contribution is -2.41. The number of likely N-dealkylation sites (tertiary alicyclic amines) is 2. The van der Waals surface area contributed by atoms with E-state index in [1.807, 2.05) is 0 Å². The average Bonchev–Trinajstić information content (AvgIpc) is 2.67. The second kappa shape index (κ2) is 8.35. The van der Waals surface area contributed by atoms with E-state index in [4.69, 9.17) is 0 Å². The van der Waals surface area contributed by atoms with Crippen LogP contribution >= 0.6 is 0 Å². The molecule has 2 fully saturated rings. The molecule has 0 spiro atoms. The van der Waals surface area contributed by atoms with Crippen molar-refractivity contribution in [2.75, 3.05) is 39.3 Å². The third-order valence-corrected chi connectivity index (χ3v) is 5.23. The standard InChI is InChI=1S/C17H35N3/c1-15(2)20-10-4-5-17(8-13-20)18-9-14-19-11-6-16(3)7-12-19/h15-18H,4-14H2,1-3H3. The molecule has 3 nitrogen and oxygen atoms in total. The molecule has 0 aromatic carbocycles. The summed E-state index contributed by atoms with van der Waals surface area (Å²) in [6, 6.07) is 1.46. The zero-order valence-electron chi connectivity index (χ0n) is 13.9. The number of piperidine rings is 1. The Kier molecular flexibility index (Phi) is 6.79. The van der Waals surface area contributed by atoms with Gasteiger partial charge in [0.2, 0.25) is 0 Å². The van der Waals surface area contributed by atoms with Gasteiger partial charge in [0.05, 0.1) is 0 Å². The van der Waals surface area contributed by atoms with Gasteiger partial charge in [0.15, 0.2) is 0 Å². The Balaban J connectivity index is 1.59. The molecule has 2 saturated heterocycles. The van der Waals surface area contributed by atoms with E-state index in [1.54, 1.807) is 0 Å². The van der Waals surface area contributed by atoms with Crippen LogP contribution in [-0.2, 0) is 0 Å². The first-order valence-electron chi connectivity index (χ1n) is 8.85. The molecule has 0 bridgehead atoms. The van der Waals surface area contributed by atoms with Crippen molar-refractivity contribution in [3.63, 3.8) is 0 Å². The summed E-state index contributed by atoms with van der Waals surface area (Å²) in [5.74, 6) is 0.947. The maximum absolute atomic E-state index is 3.81. The molecule has 118 valence electrons. The third-order valence-electron chi connectivity index (χ3n) is 5.23. The molecule has 0 saturated carbocycles. The third kappa shape index (κ3) is 5.34. The van der Waals surface area contributed by atoms with E-state index in [9.17, 15) is 0 Å². The van der Waals surface area contributed by atoms with Crippen LogP contribution in [-0.4, -0.2) is 61.2 Å². The van der Waals surface area contributed by atoms with Gasteiger partial charge in [-0.3, -0.25) is 0 Å². The molecular weight excluding hydrogens is 246 g/mol. The molecule has 0 aliphatic carbocycles. The van der Waals surface area contributed by atoms with Gasteiger partial charge >= 0.3 is 0 Å². The molecule has 2 heterocycles. The van der Waals surface area contributed by atoms with Crippen LogP contribution in [0.5, 0.6) is 0 Å². The van der Waals surface area contributed by atoms with Gasteiger partial charge in [-0.05, 0) is 78.0 Å². The highest BCUT2D eigenvalue weighted by atomic mass is 15.2. The molecular formula is C17H35N3. The Morgan fingerprint density at radius 1 is 1.00 bits per heavy atom. The summed E-state index contributed by atoms with van der Waals surface area (Å²) in [6.07, 6.45) is 6.84. The lowest BCUT2D eigenvalue weighted by atomic mass is 9.99. The second-order valence-electron chi connectivity index (χ2n) is 7.24. The summed E-state index contributed by atoms with van der Waals surface area (Å²) >= 11 is 0. The highest BCUT2D eigenvalue weighted by Crippen LogP contribution is 2.16.